The summed E-state index contributed by atoms with van der Waals surface area (Å²) in [4.78, 5) is 40.1. The Morgan fingerprint density at radius 1 is 1.19 bits per heavy atom. The third kappa shape index (κ3) is 3.99. The number of rotatable bonds is 4. The Morgan fingerprint density at radius 2 is 1.97 bits per heavy atom. The molecule has 194 valence electrons. The van der Waals surface area contributed by atoms with E-state index >= 15 is 0 Å². The fourth-order valence-corrected chi connectivity index (χ4v) is 6.85. The van der Waals surface area contributed by atoms with E-state index in [1.54, 1.807) is 12.5 Å². The van der Waals surface area contributed by atoms with Crippen molar-refractivity contribution in [2.75, 3.05) is 7.11 Å². The summed E-state index contributed by atoms with van der Waals surface area (Å²) >= 11 is 0. The molecule has 2 fully saturated rings. The molecule has 2 aliphatic carbocycles. The number of hydrogen-bond donors (Lipinski definition) is 0. The van der Waals surface area contributed by atoms with E-state index in [1.165, 1.54) is 31.4 Å². The van der Waals surface area contributed by atoms with Gasteiger partial charge in [0.15, 0.2) is 5.76 Å². The molecular formula is C29H29FO7. The van der Waals surface area contributed by atoms with Crippen LogP contribution in [0.25, 0.3) is 0 Å². The zero-order valence-corrected chi connectivity index (χ0v) is 21.0. The first kappa shape index (κ1) is 25.0. The van der Waals surface area contributed by atoms with Crippen LogP contribution in [0.1, 0.15) is 55.1 Å². The van der Waals surface area contributed by atoms with Crippen LogP contribution in [0.5, 0.6) is 0 Å². The van der Waals surface area contributed by atoms with Crippen LogP contribution in [0.4, 0.5) is 4.39 Å². The first-order chi connectivity index (χ1) is 17.6. The Kier molecular flexibility index (Phi) is 6.09. The largest absolute Gasteiger partial charge is 0.490 e. The Bertz CT molecular complexity index is 1300. The SMILES string of the molecule is C=C1O[C@H](c2ccoc2)C[C@]2(C)[C@H]3C(=O)C(OC(=O)c4cccc(F)c4)=C[C@@H](C(=O)OC)[C@]3(C)CC[C@@H]12. The average Bonchev–Trinajstić information content (AvgIpc) is 3.39. The third-order valence-corrected chi connectivity index (χ3v) is 8.56. The summed E-state index contributed by atoms with van der Waals surface area (Å²) in [6.45, 7) is 8.12. The van der Waals surface area contributed by atoms with E-state index in [2.05, 4.69) is 6.58 Å². The maximum atomic E-state index is 14.2. The van der Waals surface area contributed by atoms with Crippen LogP contribution in [-0.2, 0) is 23.8 Å². The minimum Gasteiger partial charge on any atom is -0.490 e. The molecule has 1 saturated heterocycles. The molecular weight excluding hydrogens is 479 g/mol. The van der Waals surface area contributed by atoms with E-state index in [0.717, 1.165) is 11.6 Å². The lowest BCUT2D eigenvalue weighted by atomic mass is 9.44. The summed E-state index contributed by atoms with van der Waals surface area (Å²) < 4.78 is 35.8. The van der Waals surface area contributed by atoms with Crippen molar-refractivity contribution in [3.63, 3.8) is 0 Å². The summed E-state index contributed by atoms with van der Waals surface area (Å²) in [5.74, 6) is -3.69. The maximum Gasteiger partial charge on any atom is 0.343 e. The van der Waals surface area contributed by atoms with E-state index in [0.29, 0.717) is 25.0 Å². The molecule has 7 nitrogen and oxygen atoms in total. The number of methoxy groups -OCH3 is 1. The van der Waals surface area contributed by atoms with Crippen LogP contribution in [0, 0.1) is 34.4 Å². The van der Waals surface area contributed by atoms with Gasteiger partial charge in [0, 0.05) is 17.4 Å². The molecule has 37 heavy (non-hydrogen) atoms. The van der Waals surface area contributed by atoms with Crippen molar-refractivity contribution < 1.29 is 37.4 Å². The number of carbonyl (C=O) groups excluding carboxylic acids is 3. The van der Waals surface area contributed by atoms with Gasteiger partial charge in [-0.2, -0.15) is 0 Å². The molecule has 0 amide bonds. The highest BCUT2D eigenvalue weighted by molar-refractivity contribution is 6.03. The van der Waals surface area contributed by atoms with E-state index in [9.17, 15) is 18.8 Å². The predicted molar refractivity (Wildman–Crippen MR) is 129 cm³/mol. The van der Waals surface area contributed by atoms with Gasteiger partial charge >= 0.3 is 11.9 Å². The molecule has 1 saturated carbocycles. The van der Waals surface area contributed by atoms with Crippen molar-refractivity contribution in [1.82, 2.24) is 0 Å². The highest BCUT2D eigenvalue weighted by Gasteiger charge is 2.65. The van der Waals surface area contributed by atoms with Crippen LogP contribution in [0.15, 0.2) is 71.4 Å². The van der Waals surface area contributed by atoms with Crippen LogP contribution >= 0.6 is 0 Å². The van der Waals surface area contributed by atoms with Crippen LogP contribution in [-0.4, -0.2) is 24.8 Å². The molecule has 1 aliphatic heterocycles. The molecule has 0 spiro atoms. The monoisotopic (exact) mass is 508 g/mol. The molecule has 2 heterocycles. The van der Waals surface area contributed by atoms with Crippen molar-refractivity contribution >= 4 is 17.7 Å². The summed E-state index contributed by atoms with van der Waals surface area (Å²) in [6.07, 6.45) is 5.87. The Labute approximate surface area is 214 Å². The van der Waals surface area contributed by atoms with Gasteiger partial charge in [0.2, 0.25) is 5.78 Å². The number of carbonyl (C=O) groups is 3. The Morgan fingerprint density at radius 3 is 2.65 bits per heavy atom. The second-order valence-corrected chi connectivity index (χ2v) is 10.7. The van der Waals surface area contributed by atoms with E-state index < -0.39 is 40.4 Å². The van der Waals surface area contributed by atoms with Crippen molar-refractivity contribution in [2.45, 2.75) is 39.2 Å². The number of Topliss-reactive ketones (excluding diaryl/α,β-unsaturated/α-hetero) is 1. The highest BCUT2D eigenvalue weighted by Crippen LogP contribution is 2.66. The van der Waals surface area contributed by atoms with Gasteiger partial charge in [0.1, 0.15) is 11.9 Å². The standard InChI is InChI=1S/C29H29FO7/c1-16-20-8-10-28(2)21(27(33)34-4)13-22(37-26(32)17-6-5-7-19(30)12-17)24(31)25(28)29(20,3)14-23(36-16)18-9-11-35-15-18/h5-7,9,11-13,15,20-21,23,25H,1,8,10,14H2,2-4H3/t20-,21-,23-,25-,28-,29-/m0/s1. The number of halogens is 1. The molecule has 1 aromatic carbocycles. The number of furan rings is 1. The number of allylic oxidation sites excluding steroid dienone is 2. The van der Waals surface area contributed by atoms with Crippen molar-refractivity contribution in [3.8, 4) is 0 Å². The quantitative estimate of drug-likeness (QED) is 0.500. The molecule has 2 aromatic rings. The number of hydrogen-bond acceptors (Lipinski definition) is 7. The third-order valence-electron chi connectivity index (χ3n) is 8.56. The minimum absolute atomic E-state index is 0.0381. The summed E-state index contributed by atoms with van der Waals surface area (Å²) in [7, 11) is 1.29. The zero-order chi connectivity index (χ0) is 26.5. The predicted octanol–water partition coefficient (Wildman–Crippen LogP) is 5.55. The number of fused-ring (bicyclic) bond motifs is 3. The molecule has 6 atom stereocenters. The van der Waals surface area contributed by atoms with Gasteiger partial charge in [-0.1, -0.05) is 26.5 Å². The normalized spacial score (nSPS) is 32.9. The molecule has 3 aliphatic rings. The fourth-order valence-electron chi connectivity index (χ4n) is 6.85. The van der Waals surface area contributed by atoms with Crippen molar-refractivity contribution in [1.29, 1.82) is 0 Å². The van der Waals surface area contributed by atoms with Gasteiger partial charge in [-0.15, -0.1) is 0 Å². The summed E-state index contributed by atoms with van der Waals surface area (Å²) in [6, 6.07) is 6.84. The van der Waals surface area contributed by atoms with Gasteiger partial charge in [0.25, 0.3) is 0 Å². The second-order valence-electron chi connectivity index (χ2n) is 10.7. The van der Waals surface area contributed by atoms with E-state index in [1.807, 2.05) is 19.9 Å². The Hall–Kier alpha value is -3.68. The topological polar surface area (TPSA) is 92.0 Å². The molecule has 8 heteroatoms. The van der Waals surface area contributed by atoms with Gasteiger partial charge in [-0.3, -0.25) is 9.59 Å². The fraction of sp³-hybridized carbons (Fsp3) is 0.414. The molecule has 0 unspecified atom stereocenters. The number of ketones is 1. The van der Waals surface area contributed by atoms with Gasteiger partial charge in [0.05, 0.1) is 36.9 Å². The van der Waals surface area contributed by atoms with Crippen LogP contribution < -0.4 is 0 Å². The summed E-state index contributed by atoms with van der Waals surface area (Å²) in [5.41, 5.74) is -0.667. The van der Waals surface area contributed by atoms with Crippen LogP contribution in [0.3, 0.4) is 0 Å². The molecule has 1 aromatic heterocycles. The number of esters is 2. The first-order valence-electron chi connectivity index (χ1n) is 12.3. The lowest BCUT2D eigenvalue weighted by Gasteiger charge is -2.60. The molecule has 0 N–H and O–H groups in total. The lowest BCUT2D eigenvalue weighted by molar-refractivity contribution is -0.174. The van der Waals surface area contributed by atoms with Gasteiger partial charge < -0.3 is 18.6 Å². The second kappa shape index (κ2) is 9.01. The molecule has 0 radical (unpaired) electrons. The molecule has 5 rings (SSSR count). The average molecular weight is 509 g/mol. The highest BCUT2D eigenvalue weighted by atomic mass is 19.1. The maximum absolute atomic E-state index is 14.2. The smallest absolute Gasteiger partial charge is 0.343 e. The van der Waals surface area contributed by atoms with Crippen molar-refractivity contribution in [2.24, 2.45) is 28.6 Å². The van der Waals surface area contributed by atoms with E-state index in [4.69, 9.17) is 18.6 Å². The van der Waals surface area contributed by atoms with Crippen molar-refractivity contribution in [3.05, 3.63) is 84.0 Å². The number of benzene rings is 1. The first-order valence-corrected chi connectivity index (χ1v) is 12.3. The van der Waals surface area contributed by atoms with Crippen LogP contribution in [0.2, 0.25) is 0 Å². The van der Waals surface area contributed by atoms with E-state index in [-0.39, 0.29) is 29.1 Å². The Balaban J connectivity index is 1.57. The van der Waals surface area contributed by atoms with Gasteiger partial charge in [-0.25, -0.2) is 9.18 Å². The number of ether oxygens (including phenoxy) is 3. The minimum atomic E-state index is -0.878. The zero-order valence-electron chi connectivity index (χ0n) is 21.0. The molecule has 0 bridgehead atoms. The lowest BCUT2D eigenvalue weighted by Crippen LogP contribution is -2.60. The van der Waals surface area contributed by atoms with Gasteiger partial charge in [-0.05, 0) is 60.4 Å². The summed E-state index contributed by atoms with van der Waals surface area (Å²) in [5, 5.41) is 0.